The molecule has 0 aliphatic carbocycles. The van der Waals surface area contributed by atoms with E-state index in [1.807, 2.05) is 0 Å². The molecule has 0 bridgehead atoms. The second-order valence-electron chi connectivity index (χ2n) is 2.82. The fourth-order valence-electron chi connectivity index (χ4n) is 1.43. The molecule has 1 aliphatic heterocycles. The van der Waals surface area contributed by atoms with Gasteiger partial charge in [-0.3, -0.25) is 0 Å². The first kappa shape index (κ1) is 7.67. The van der Waals surface area contributed by atoms with Gasteiger partial charge in [-0.1, -0.05) is 5.21 Å². The summed E-state index contributed by atoms with van der Waals surface area (Å²) in [5.74, 6) is 0. The van der Waals surface area contributed by atoms with Crippen LogP contribution in [0.25, 0.3) is 0 Å². The van der Waals surface area contributed by atoms with Gasteiger partial charge in [-0.15, -0.1) is 5.10 Å². The van der Waals surface area contributed by atoms with Crippen LogP contribution < -0.4 is 5.32 Å². The quantitative estimate of drug-likeness (QED) is 0.673. The highest BCUT2D eigenvalue weighted by molar-refractivity contribution is 5.13. The Bertz CT molecular complexity index is 270. The molecule has 2 heterocycles. The van der Waals surface area contributed by atoms with Crippen molar-refractivity contribution in [3.63, 3.8) is 0 Å². The number of hydrogen-bond acceptors (Lipinski definition) is 3. The Kier molecular flexibility index (Phi) is 2.03. The zero-order chi connectivity index (χ0) is 8.39. The molecule has 0 saturated heterocycles. The van der Waals surface area contributed by atoms with E-state index in [2.05, 4.69) is 15.6 Å². The van der Waals surface area contributed by atoms with Crippen LogP contribution in [0.15, 0.2) is 0 Å². The third kappa shape index (κ3) is 1.20. The van der Waals surface area contributed by atoms with Crippen LogP contribution in [0.3, 0.4) is 0 Å². The Morgan fingerprint density at radius 1 is 1.58 bits per heavy atom. The van der Waals surface area contributed by atoms with E-state index in [0.29, 0.717) is 6.54 Å². The maximum Gasteiger partial charge on any atom is 0.109 e. The summed E-state index contributed by atoms with van der Waals surface area (Å²) in [6.07, 6.45) is 0.904. The molecule has 66 valence electrons. The Hall–Kier alpha value is -0.970. The van der Waals surface area contributed by atoms with Crippen molar-refractivity contribution in [3.8, 4) is 0 Å². The molecule has 0 fully saturated rings. The Labute approximate surface area is 69.8 Å². The van der Waals surface area contributed by atoms with Gasteiger partial charge in [0.05, 0.1) is 17.9 Å². The molecule has 5 heteroatoms. The van der Waals surface area contributed by atoms with Crippen molar-refractivity contribution < 1.29 is 4.39 Å². The molecule has 0 saturated carbocycles. The summed E-state index contributed by atoms with van der Waals surface area (Å²) in [5.41, 5.74) is 2.06. The lowest BCUT2D eigenvalue weighted by molar-refractivity contribution is 0.411. The number of fused-ring (bicyclic) bond motifs is 1. The Balaban J connectivity index is 2.25. The van der Waals surface area contributed by atoms with Crippen molar-refractivity contribution in [2.24, 2.45) is 0 Å². The molecule has 1 aromatic heterocycles. The van der Waals surface area contributed by atoms with Gasteiger partial charge in [0.2, 0.25) is 0 Å². The minimum atomic E-state index is -0.379. The number of hydrogen-bond donors (Lipinski definition) is 1. The van der Waals surface area contributed by atoms with Crippen molar-refractivity contribution in [2.75, 3.05) is 13.2 Å². The number of alkyl halides is 1. The van der Waals surface area contributed by atoms with Gasteiger partial charge in [0.25, 0.3) is 0 Å². The summed E-state index contributed by atoms with van der Waals surface area (Å²) in [4.78, 5) is 0. The third-order valence-corrected chi connectivity index (χ3v) is 2.05. The van der Waals surface area contributed by atoms with Crippen molar-refractivity contribution in [3.05, 3.63) is 11.4 Å². The molecule has 2 rings (SSSR count). The van der Waals surface area contributed by atoms with E-state index >= 15 is 0 Å². The van der Waals surface area contributed by atoms with Gasteiger partial charge < -0.3 is 5.32 Å². The lowest BCUT2D eigenvalue weighted by atomic mass is 10.2. The lowest BCUT2D eigenvalue weighted by Gasteiger charge is -2.12. The topological polar surface area (TPSA) is 42.7 Å². The second-order valence-corrected chi connectivity index (χ2v) is 2.82. The van der Waals surface area contributed by atoms with Crippen LogP contribution in [0.5, 0.6) is 0 Å². The molecular formula is C7H11FN4. The number of nitrogens with one attached hydrogen (secondary N) is 1. The molecule has 0 unspecified atom stereocenters. The maximum atomic E-state index is 12.0. The average Bonchev–Trinajstić information content (AvgIpc) is 2.50. The summed E-state index contributed by atoms with van der Waals surface area (Å²) in [6, 6.07) is 0. The maximum absolute atomic E-state index is 12.0. The zero-order valence-electron chi connectivity index (χ0n) is 6.76. The van der Waals surface area contributed by atoms with Crippen molar-refractivity contribution in [1.29, 1.82) is 0 Å². The fourth-order valence-corrected chi connectivity index (χ4v) is 1.43. The van der Waals surface area contributed by atoms with Crippen LogP contribution in [0.1, 0.15) is 11.4 Å². The summed E-state index contributed by atoms with van der Waals surface area (Å²) in [5, 5.41) is 11.1. The predicted molar refractivity (Wildman–Crippen MR) is 41.4 cm³/mol. The minimum Gasteiger partial charge on any atom is -0.311 e. The van der Waals surface area contributed by atoms with Gasteiger partial charge >= 0.3 is 0 Å². The van der Waals surface area contributed by atoms with Crippen LogP contribution in [0.4, 0.5) is 4.39 Å². The van der Waals surface area contributed by atoms with E-state index in [1.165, 1.54) is 0 Å². The molecule has 4 nitrogen and oxygen atoms in total. The number of aromatic nitrogens is 3. The Morgan fingerprint density at radius 2 is 2.50 bits per heavy atom. The van der Waals surface area contributed by atoms with Crippen LogP contribution in [-0.2, 0) is 19.5 Å². The van der Waals surface area contributed by atoms with Gasteiger partial charge in [0.1, 0.15) is 6.67 Å². The third-order valence-electron chi connectivity index (χ3n) is 2.05. The monoisotopic (exact) mass is 170 g/mol. The van der Waals surface area contributed by atoms with Crippen molar-refractivity contribution >= 4 is 0 Å². The summed E-state index contributed by atoms with van der Waals surface area (Å²) in [6.45, 7) is 1.66. The van der Waals surface area contributed by atoms with E-state index in [9.17, 15) is 4.39 Å². The van der Waals surface area contributed by atoms with E-state index in [4.69, 9.17) is 0 Å². The average molecular weight is 170 g/mol. The summed E-state index contributed by atoms with van der Waals surface area (Å²) < 4.78 is 13.7. The van der Waals surface area contributed by atoms with Crippen LogP contribution >= 0.6 is 0 Å². The zero-order valence-corrected chi connectivity index (χ0v) is 6.76. The van der Waals surface area contributed by atoms with Gasteiger partial charge in [0.15, 0.2) is 0 Å². The molecule has 0 atom stereocenters. The molecule has 0 radical (unpaired) electrons. The molecule has 0 amide bonds. The lowest BCUT2D eigenvalue weighted by Crippen LogP contribution is -2.25. The fraction of sp³-hybridized carbons (Fsp3) is 0.714. The normalized spacial score (nSPS) is 16.1. The molecule has 1 aliphatic rings. The molecule has 0 aromatic carbocycles. The van der Waals surface area contributed by atoms with Gasteiger partial charge in [-0.05, 0) is 0 Å². The molecule has 12 heavy (non-hydrogen) atoms. The number of nitrogens with zero attached hydrogens (tertiary/aromatic N) is 3. The van der Waals surface area contributed by atoms with Crippen LogP contribution in [0, 0.1) is 0 Å². The number of aryl methyl sites for hydroxylation is 1. The SMILES string of the molecule is FCCn1nnc2c1CNCC2. The Morgan fingerprint density at radius 3 is 3.33 bits per heavy atom. The summed E-state index contributed by atoms with van der Waals surface area (Å²) in [7, 11) is 0. The summed E-state index contributed by atoms with van der Waals surface area (Å²) >= 11 is 0. The minimum absolute atomic E-state index is 0.323. The highest BCUT2D eigenvalue weighted by Gasteiger charge is 2.15. The first-order chi connectivity index (χ1) is 5.92. The van der Waals surface area contributed by atoms with E-state index in [-0.39, 0.29) is 6.67 Å². The molecule has 1 aromatic rings. The highest BCUT2D eigenvalue weighted by Crippen LogP contribution is 2.09. The van der Waals surface area contributed by atoms with E-state index < -0.39 is 0 Å². The van der Waals surface area contributed by atoms with E-state index in [0.717, 1.165) is 30.9 Å². The number of halogens is 1. The smallest absolute Gasteiger partial charge is 0.109 e. The van der Waals surface area contributed by atoms with Crippen LogP contribution in [-0.4, -0.2) is 28.2 Å². The van der Waals surface area contributed by atoms with Crippen LogP contribution in [0.2, 0.25) is 0 Å². The number of rotatable bonds is 2. The first-order valence-electron chi connectivity index (χ1n) is 4.09. The van der Waals surface area contributed by atoms with Crippen molar-refractivity contribution in [2.45, 2.75) is 19.5 Å². The molecular weight excluding hydrogens is 159 g/mol. The van der Waals surface area contributed by atoms with Gasteiger partial charge in [-0.2, -0.15) is 0 Å². The van der Waals surface area contributed by atoms with Crippen molar-refractivity contribution in [1.82, 2.24) is 20.3 Å². The highest BCUT2D eigenvalue weighted by atomic mass is 19.1. The van der Waals surface area contributed by atoms with Gasteiger partial charge in [-0.25, -0.2) is 9.07 Å². The predicted octanol–water partition coefficient (Wildman–Crippen LogP) is -0.107. The first-order valence-corrected chi connectivity index (χ1v) is 4.09. The molecule has 1 N–H and O–H groups in total. The molecule has 0 spiro atoms. The van der Waals surface area contributed by atoms with E-state index in [1.54, 1.807) is 4.68 Å². The van der Waals surface area contributed by atoms with Gasteiger partial charge in [0, 0.05) is 19.5 Å². The standard InChI is InChI=1S/C7H11FN4/c8-2-4-12-7-5-9-3-1-6(7)10-11-12/h9H,1-5H2. The second kappa shape index (κ2) is 3.18. The largest absolute Gasteiger partial charge is 0.311 e.